The predicted octanol–water partition coefficient (Wildman–Crippen LogP) is 0.866. The molecule has 0 bridgehead atoms. The van der Waals surface area contributed by atoms with Crippen molar-refractivity contribution in [1.82, 2.24) is 24.9 Å². The number of nitrogens with one attached hydrogen (secondary N) is 1. The third-order valence-electron chi connectivity index (χ3n) is 2.93. The Morgan fingerprint density at radius 1 is 1.26 bits per heavy atom. The van der Waals surface area contributed by atoms with Crippen molar-refractivity contribution in [2.24, 2.45) is 0 Å². The van der Waals surface area contributed by atoms with Gasteiger partial charge in [-0.05, 0) is 17.7 Å². The van der Waals surface area contributed by atoms with Crippen LogP contribution in [0, 0.1) is 6.20 Å². The molecule has 113 valence electrons. The molecule has 0 fully saturated rings. The van der Waals surface area contributed by atoms with Gasteiger partial charge in [0.15, 0.2) is 0 Å². The van der Waals surface area contributed by atoms with E-state index in [1.165, 1.54) is 12.4 Å². The maximum absolute atomic E-state index is 12.1. The van der Waals surface area contributed by atoms with Gasteiger partial charge in [0.05, 0.1) is 0 Å². The van der Waals surface area contributed by atoms with Gasteiger partial charge < -0.3 is 16.6 Å². The Hall–Kier alpha value is -1.70. The monoisotopic (exact) mass is 403 g/mol. The molecule has 0 spiro atoms. The SMILES string of the molecule is O=C(NCc1ccc(Cl)cc1)c1cnc2nc[c-]nn2c1=O.[Y]. The van der Waals surface area contributed by atoms with Crippen molar-refractivity contribution in [2.45, 2.75) is 6.54 Å². The van der Waals surface area contributed by atoms with Crippen LogP contribution in [0.25, 0.3) is 5.78 Å². The summed E-state index contributed by atoms with van der Waals surface area (Å²) in [5.74, 6) is -0.425. The van der Waals surface area contributed by atoms with E-state index in [4.69, 9.17) is 11.6 Å². The van der Waals surface area contributed by atoms with Crippen LogP contribution in [0.5, 0.6) is 0 Å². The zero-order valence-electron chi connectivity index (χ0n) is 11.7. The summed E-state index contributed by atoms with van der Waals surface area (Å²) in [6, 6.07) is 7.02. The Bertz CT molecular complexity index is 898. The number of carbonyl (C=O) groups is 1. The quantitative estimate of drug-likeness (QED) is 0.656. The second-order valence-electron chi connectivity index (χ2n) is 4.39. The van der Waals surface area contributed by atoms with E-state index in [-0.39, 0.29) is 50.6 Å². The number of nitrogens with zero attached hydrogens (tertiary/aromatic N) is 4. The molecular formula is C14H9ClN5O2Y-. The number of carbonyl (C=O) groups excluding carboxylic acids is 1. The van der Waals surface area contributed by atoms with Crippen LogP contribution in [0.2, 0.25) is 5.02 Å². The largest absolute Gasteiger partial charge is 0.381 e. The van der Waals surface area contributed by atoms with Crippen molar-refractivity contribution in [3.8, 4) is 0 Å². The molecule has 7 nitrogen and oxygen atoms in total. The molecule has 23 heavy (non-hydrogen) atoms. The minimum absolute atomic E-state index is 0. The van der Waals surface area contributed by atoms with Crippen molar-refractivity contribution >= 4 is 23.3 Å². The van der Waals surface area contributed by atoms with E-state index in [1.54, 1.807) is 24.3 Å². The first-order chi connectivity index (χ1) is 10.6. The zero-order chi connectivity index (χ0) is 15.5. The fourth-order valence-corrected chi connectivity index (χ4v) is 1.95. The molecule has 0 saturated heterocycles. The summed E-state index contributed by atoms with van der Waals surface area (Å²) < 4.78 is 0.928. The summed E-state index contributed by atoms with van der Waals surface area (Å²) in [7, 11) is 0. The van der Waals surface area contributed by atoms with Crippen LogP contribution in [0.1, 0.15) is 15.9 Å². The first-order valence-electron chi connectivity index (χ1n) is 6.29. The minimum Gasteiger partial charge on any atom is -0.381 e. The fourth-order valence-electron chi connectivity index (χ4n) is 1.82. The number of hydrogen-bond donors (Lipinski definition) is 1. The van der Waals surface area contributed by atoms with Crippen LogP contribution in [-0.2, 0) is 39.3 Å². The van der Waals surface area contributed by atoms with Crippen molar-refractivity contribution in [1.29, 1.82) is 0 Å². The maximum atomic E-state index is 12.1. The molecule has 9 heteroatoms. The zero-order valence-corrected chi connectivity index (χ0v) is 15.3. The first kappa shape index (κ1) is 17.7. The second-order valence-corrected chi connectivity index (χ2v) is 4.82. The molecule has 0 unspecified atom stereocenters. The van der Waals surface area contributed by atoms with Crippen molar-refractivity contribution in [3.63, 3.8) is 0 Å². The number of fused-ring (bicyclic) bond motifs is 1. The minimum atomic E-state index is -0.594. The Balaban J connectivity index is 0.00000192. The van der Waals surface area contributed by atoms with E-state index in [1.807, 2.05) is 0 Å². The van der Waals surface area contributed by atoms with E-state index in [9.17, 15) is 9.59 Å². The van der Waals surface area contributed by atoms with Gasteiger partial charge in [-0.2, -0.15) is 4.52 Å². The van der Waals surface area contributed by atoms with E-state index in [0.717, 1.165) is 10.1 Å². The standard InChI is InChI=1S/C14H9ClN5O2.Y/c15-10-3-1-9(2-4-10)7-17-12(21)11-8-18-14-16-5-6-19-20(14)13(11)22;/h1-5,8H,7H2,(H,17,21);/q-1;. The molecule has 0 atom stereocenters. The Morgan fingerprint density at radius 2 is 2.00 bits per heavy atom. The van der Waals surface area contributed by atoms with Crippen LogP contribution < -0.4 is 10.9 Å². The smallest absolute Gasteiger partial charge is 0.285 e. The summed E-state index contributed by atoms with van der Waals surface area (Å²) in [6.45, 7) is 0.269. The van der Waals surface area contributed by atoms with Crippen molar-refractivity contribution < 1.29 is 37.5 Å². The van der Waals surface area contributed by atoms with Crippen LogP contribution in [-0.4, -0.2) is 25.5 Å². The maximum Gasteiger partial charge on any atom is 0.285 e. The topological polar surface area (TPSA) is 89.2 Å². The number of hydrogen-bond acceptors (Lipinski definition) is 5. The van der Waals surface area contributed by atoms with Crippen LogP contribution in [0.3, 0.4) is 0 Å². The third-order valence-corrected chi connectivity index (χ3v) is 3.18. The average Bonchev–Trinajstić information content (AvgIpc) is 2.55. The van der Waals surface area contributed by atoms with Gasteiger partial charge in [-0.15, -0.1) is 6.20 Å². The van der Waals surface area contributed by atoms with Gasteiger partial charge >= 0.3 is 0 Å². The Labute approximate surface area is 161 Å². The number of halogens is 1. The van der Waals surface area contributed by atoms with E-state index < -0.39 is 11.5 Å². The molecule has 3 rings (SSSR count). The van der Waals surface area contributed by atoms with Gasteiger partial charge in [0.2, 0.25) is 5.78 Å². The molecule has 1 amide bonds. The molecule has 2 aromatic heterocycles. The normalized spacial score (nSPS) is 10.1. The van der Waals surface area contributed by atoms with Crippen molar-refractivity contribution in [2.75, 3.05) is 0 Å². The Kier molecular flexibility index (Phi) is 5.93. The van der Waals surface area contributed by atoms with Crippen LogP contribution >= 0.6 is 11.6 Å². The first-order valence-corrected chi connectivity index (χ1v) is 6.67. The number of amides is 1. The summed E-state index contributed by atoms with van der Waals surface area (Å²) in [5.41, 5.74) is 0.156. The van der Waals surface area contributed by atoms with Gasteiger partial charge in [-0.25, -0.2) is 4.98 Å². The second kappa shape index (κ2) is 7.72. The molecule has 1 aromatic carbocycles. The number of aromatic nitrogens is 4. The van der Waals surface area contributed by atoms with Gasteiger partial charge in [0, 0.05) is 50.5 Å². The van der Waals surface area contributed by atoms with Crippen molar-refractivity contribution in [3.05, 3.63) is 69.4 Å². The molecule has 0 aliphatic carbocycles. The average molecular weight is 404 g/mol. The molecule has 1 N–H and O–H groups in total. The van der Waals surface area contributed by atoms with E-state index >= 15 is 0 Å². The van der Waals surface area contributed by atoms with Gasteiger partial charge in [-0.3, -0.25) is 14.6 Å². The van der Waals surface area contributed by atoms with E-state index in [0.29, 0.717) is 5.02 Å². The molecular weight excluding hydrogens is 395 g/mol. The molecule has 1 radical (unpaired) electrons. The summed E-state index contributed by atoms with van der Waals surface area (Å²) in [5, 5.41) is 6.97. The van der Waals surface area contributed by atoms with E-state index in [2.05, 4.69) is 26.6 Å². The summed E-state index contributed by atoms with van der Waals surface area (Å²) in [6.07, 6.45) is 4.90. The Morgan fingerprint density at radius 3 is 2.74 bits per heavy atom. The number of benzene rings is 1. The molecule has 0 saturated carbocycles. The van der Waals surface area contributed by atoms with Gasteiger partial charge in [0.1, 0.15) is 5.56 Å². The summed E-state index contributed by atoms with van der Waals surface area (Å²) in [4.78, 5) is 32.0. The van der Waals surface area contributed by atoms with Gasteiger partial charge in [0.25, 0.3) is 11.5 Å². The molecule has 0 aliphatic heterocycles. The van der Waals surface area contributed by atoms with Crippen LogP contribution in [0.4, 0.5) is 0 Å². The molecule has 3 aromatic rings. The molecule has 2 heterocycles. The predicted molar refractivity (Wildman–Crippen MR) is 78.5 cm³/mol. The van der Waals surface area contributed by atoms with Gasteiger partial charge in [-0.1, -0.05) is 23.7 Å². The fraction of sp³-hybridized carbons (Fsp3) is 0.0714. The summed E-state index contributed by atoms with van der Waals surface area (Å²) >= 11 is 5.79. The number of rotatable bonds is 3. The third kappa shape index (κ3) is 3.99. The molecule has 0 aliphatic rings. The van der Waals surface area contributed by atoms with Crippen LogP contribution in [0.15, 0.2) is 41.5 Å².